The average Bonchev–Trinajstić information content (AvgIpc) is 2.42. The number of nitrogens with one attached hydrogen (secondary N) is 2. The van der Waals surface area contributed by atoms with Gasteiger partial charge in [0.1, 0.15) is 5.82 Å². The zero-order chi connectivity index (χ0) is 14.5. The van der Waals surface area contributed by atoms with Gasteiger partial charge in [-0.2, -0.15) is 0 Å². The monoisotopic (exact) mass is 291 g/mol. The average molecular weight is 292 g/mol. The highest BCUT2D eigenvalue weighted by Crippen LogP contribution is 2.16. The summed E-state index contributed by atoms with van der Waals surface area (Å²) in [5.74, 6) is 0.255. The Hall–Kier alpha value is -2.14. The molecule has 0 aliphatic rings. The maximum Gasteiger partial charge on any atom is 0.254 e. The van der Waals surface area contributed by atoms with E-state index in [1.54, 1.807) is 24.3 Å². The molecule has 1 aromatic carbocycles. The van der Waals surface area contributed by atoms with Crippen molar-refractivity contribution in [2.75, 3.05) is 6.54 Å². The fraction of sp³-hybridized carbons (Fsp3) is 0.214. The summed E-state index contributed by atoms with van der Waals surface area (Å²) >= 11 is 5.81. The van der Waals surface area contributed by atoms with E-state index in [1.807, 2.05) is 6.92 Å². The van der Waals surface area contributed by atoms with Crippen molar-refractivity contribution >= 4 is 17.5 Å². The lowest BCUT2D eigenvalue weighted by molar-refractivity contribution is -0.120. The molecule has 0 atom stereocenters. The minimum absolute atomic E-state index is 0.0249. The van der Waals surface area contributed by atoms with Crippen molar-refractivity contribution in [2.45, 2.75) is 13.3 Å². The van der Waals surface area contributed by atoms with Crippen LogP contribution in [-0.2, 0) is 11.2 Å². The molecule has 6 heteroatoms. The molecular weight excluding hydrogens is 278 g/mol. The second kappa shape index (κ2) is 6.34. The highest BCUT2D eigenvalue weighted by Gasteiger charge is 2.08. The molecule has 0 aliphatic heterocycles. The standard InChI is InChI=1S/C14H14ClN3O2/c1-2-16-12(19)7-10-8-17-13(18-14(10)20)9-3-5-11(15)6-4-9/h3-6,8H,2,7H2,1H3,(H,16,19)(H,17,18,20). The minimum atomic E-state index is -0.309. The summed E-state index contributed by atoms with van der Waals surface area (Å²) in [7, 11) is 0. The second-order valence-corrected chi connectivity index (χ2v) is 4.66. The van der Waals surface area contributed by atoms with Crippen molar-refractivity contribution in [3.05, 3.63) is 51.4 Å². The molecule has 0 unspecified atom stereocenters. The van der Waals surface area contributed by atoms with E-state index in [1.165, 1.54) is 6.20 Å². The predicted octanol–water partition coefficient (Wildman–Crippen LogP) is 1.77. The van der Waals surface area contributed by atoms with Gasteiger partial charge in [0.15, 0.2) is 0 Å². The molecule has 2 aromatic rings. The number of rotatable bonds is 4. The molecule has 20 heavy (non-hydrogen) atoms. The van der Waals surface area contributed by atoms with E-state index >= 15 is 0 Å². The van der Waals surface area contributed by atoms with E-state index in [0.29, 0.717) is 23.0 Å². The van der Waals surface area contributed by atoms with Crippen LogP contribution in [0.4, 0.5) is 0 Å². The number of nitrogens with zero attached hydrogens (tertiary/aromatic N) is 1. The number of benzene rings is 1. The van der Waals surface area contributed by atoms with Crippen LogP contribution in [0.1, 0.15) is 12.5 Å². The fourth-order valence-corrected chi connectivity index (χ4v) is 1.86. The van der Waals surface area contributed by atoms with Crippen LogP contribution in [0.5, 0.6) is 0 Å². The van der Waals surface area contributed by atoms with E-state index in [4.69, 9.17) is 11.6 Å². The lowest BCUT2D eigenvalue weighted by atomic mass is 10.2. The number of likely N-dealkylation sites (N-methyl/N-ethyl adjacent to an activating group) is 1. The van der Waals surface area contributed by atoms with Gasteiger partial charge in [-0.3, -0.25) is 9.59 Å². The molecule has 0 fully saturated rings. The van der Waals surface area contributed by atoms with Crippen molar-refractivity contribution in [1.29, 1.82) is 0 Å². The summed E-state index contributed by atoms with van der Waals surface area (Å²) in [6.45, 7) is 2.36. The molecule has 0 spiro atoms. The Labute approximate surface area is 121 Å². The summed E-state index contributed by atoms with van der Waals surface area (Å²) in [6.07, 6.45) is 1.45. The molecule has 1 aromatic heterocycles. The largest absolute Gasteiger partial charge is 0.356 e. The third kappa shape index (κ3) is 3.45. The van der Waals surface area contributed by atoms with Gasteiger partial charge in [-0.25, -0.2) is 4.98 Å². The zero-order valence-corrected chi connectivity index (χ0v) is 11.7. The lowest BCUT2D eigenvalue weighted by Gasteiger charge is -2.04. The van der Waals surface area contributed by atoms with E-state index < -0.39 is 0 Å². The van der Waals surface area contributed by atoms with Crippen molar-refractivity contribution in [3.8, 4) is 11.4 Å². The van der Waals surface area contributed by atoms with E-state index in [2.05, 4.69) is 15.3 Å². The van der Waals surface area contributed by atoms with Crippen LogP contribution in [0.15, 0.2) is 35.3 Å². The zero-order valence-electron chi connectivity index (χ0n) is 10.9. The van der Waals surface area contributed by atoms with Gasteiger partial charge in [-0.1, -0.05) is 11.6 Å². The first-order valence-corrected chi connectivity index (χ1v) is 6.58. The SMILES string of the molecule is CCNC(=O)Cc1cnc(-c2ccc(Cl)cc2)[nH]c1=O. The van der Waals surface area contributed by atoms with Crippen LogP contribution in [0.2, 0.25) is 5.02 Å². The third-order valence-corrected chi connectivity index (χ3v) is 2.97. The molecule has 2 rings (SSSR count). The second-order valence-electron chi connectivity index (χ2n) is 4.22. The number of hydrogen-bond acceptors (Lipinski definition) is 3. The predicted molar refractivity (Wildman–Crippen MR) is 77.7 cm³/mol. The van der Waals surface area contributed by atoms with Crippen LogP contribution >= 0.6 is 11.6 Å². The maximum atomic E-state index is 11.9. The first-order valence-electron chi connectivity index (χ1n) is 6.21. The Balaban J connectivity index is 2.23. The Morgan fingerprint density at radius 3 is 2.65 bits per heavy atom. The lowest BCUT2D eigenvalue weighted by Crippen LogP contribution is -2.27. The van der Waals surface area contributed by atoms with E-state index in [9.17, 15) is 9.59 Å². The van der Waals surface area contributed by atoms with Gasteiger partial charge in [0.25, 0.3) is 5.56 Å². The van der Waals surface area contributed by atoms with Gasteiger partial charge < -0.3 is 10.3 Å². The smallest absolute Gasteiger partial charge is 0.254 e. The van der Waals surface area contributed by atoms with Gasteiger partial charge in [0, 0.05) is 28.9 Å². The van der Waals surface area contributed by atoms with E-state index in [0.717, 1.165) is 5.56 Å². The molecular formula is C14H14ClN3O2. The summed E-state index contributed by atoms with van der Waals surface area (Å²) in [4.78, 5) is 30.2. The molecule has 0 saturated heterocycles. The Morgan fingerprint density at radius 1 is 1.35 bits per heavy atom. The molecule has 104 valence electrons. The number of amides is 1. The van der Waals surface area contributed by atoms with Crippen LogP contribution in [-0.4, -0.2) is 22.4 Å². The highest BCUT2D eigenvalue weighted by atomic mass is 35.5. The Bertz CT molecular complexity index is 665. The highest BCUT2D eigenvalue weighted by molar-refractivity contribution is 6.30. The number of carbonyl (C=O) groups excluding carboxylic acids is 1. The summed E-state index contributed by atoms with van der Waals surface area (Å²) in [6, 6.07) is 6.98. The maximum absolute atomic E-state index is 11.9. The molecule has 0 bridgehead atoms. The van der Waals surface area contributed by atoms with Crippen LogP contribution < -0.4 is 10.9 Å². The molecule has 0 radical (unpaired) electrons. The number of aromatic nitrogens is 2. The van der Waals surface area contributed by atoms with Crippen molar-refractivity contribution in [3.63, 3.8) is 0 Å². The normalized spacial score (nSPS) is 10.3. The molecule has 1 amide bonds. The van der Waals surface area contributed by atoms with Crippen molar-refractivity contribution in [2.24, 2.45) is 0 Å². The van der Waals surface area contributed by atoms with Gasteiger partial charge in [-0.05, 0) is 31.2 Å². The number of halogens is 1. The van der Waals surface area contributed by atoms with Gasteiger partial charge >= 0.3 is 0 Å². The summed E-state index contributed by atoms with van der Waals surface area (Å²) in [5.41, 5.74) is 0.793. The topological polar surface area (TPSA) is 74.8 Å². The van der Waals surface area contributed by atoms with Gasteiger partial charge in [0.05, 0.1) is 6.42 Å². The van der Waals surface area contributed by atoms with Crippen molar-refractivity contribution < 1.29 is 4.79 Å². The number of H-pyrrole nitrogens is 1. The number of hydrogen-bond donors (Lipinski definition) is 2. The number of carbonyl (C=O) groups is 1. The van der Waals surface area contributed by atoms with Crippen LogP contribution in [0.25, 0.3) is 11.4 Å². The molecule has 2 N–H and O–H groups in total. The van der Waals surface area contributed by atoms with Crippen LogP contribution in [0, 0.1) is 0 Å². The number of aromatic amines is 1. The molecule has 0 saturated carbocycles. The van der Waals surface area contributed by atoms with Gasteiger partial charge in [-0.15, -0.1) is 0 Å². The first-order chi connectivity index (χ1) is 9.60. The summed E-state index contributed by atoms with van der Waals surface area (Å²) in [5, 5.41) is 3.25. The molecule has 0 aliphatic carbocycles. The van der Waals surface area contributed by atoms with E-state index in [-0.39, 0.29) is 17.9 Å². The fourth-order valence-electron chi connectivity index (χ4n) is 1.73. The van der Waals surface area contributed by atoms with Crippen molar-refractivity contribution in [1.82, 2.24) is 15.3 Å². The summed E-state index contributed by atoms with van der Waals surface area (Å²) < 4.78 is 0. The Kier molecular flexibility index (Phi) is 4.53. The Morgan fingerprint density at radius 2 is 2.05 bits per heavy atom. The molecule has 5 nitrogen and oxygen atoms in total. The van der Waals surface area contributed by atoms with Crippen LogP contribution in [0.3, 0.4) is 0 Å². The molecule has 1 heterocycles. The van der Waals surface area contributed by atoms with Gasteiger partial charge in [0.2, 0.25) is 5.91 Å². The third-order valence-electron chi connectivity index (χ3n) is 2.72. The minimum Gasteiger partial charge on any atom is -0.356 e. The first kappa shape index (κ1) is 14.3. The quantitative estimate of drug-likeness (QED) is 0.901.